The molecule has 0 fully saturated rings. The number of nitrogens with one attached hydrogen (secondary N) is 2. The molecule has 1 aromatic rings. The zero-order chi connectivity index (χ0) is 15.3. The Balaban J connectivity index is 2.75. The molecule has 0 aromatic heterocycles. The van der Waals surface area contributed by atoms with Crippen LogP contribution in [0.4, 0.5) is 11.4 Å². The fourth-order valence-electron chi connectivity index (χ4n) is 1.48. The number of nitro benzene ring substituents is 1. The lowest BCUT2D eigenvalue weighted by atomic mass is 10.1. The van der Waals surface area contributed by atoms with Crippen LogP contribution in [0.3, 0.4) is 0 Å². The predicted octanol–water partition coefficient (Wildman–Crippen LogP) is 0.431. The average Bonchev–Trinajstić information content (AvgIpc) is 2.35. The van der Waals surface area contributed by atoms with Gasteiger partial charge in [-0.2, -0.15) is 0 Å². The topological polar surface area (TPSA) is 127 Å². The van der Waals surface area contributed by atoms with E-state index in [2.05, 4.69) is 10.6 Å². The number of nitrogens with two attached hydrogens (primary N) is 1. The van der Waals surface area contributed by atoms with Gasteiger partial charge in [0.05, 0.1) is 17.0 Å². The van der Waals surface area contributed by atoms with Crippen molar-refractivity contribution in [1.29, 1.82) is 0 Å². The molecule has 0 radical (unpaired) electrons. The Bertz CT molecular complexity index is 542. The van der Waals surface area contributed by atoms with Crippen molar-refractivity contribution in [3.8, 4) is 0 Å². The third-order valence-corrected chi connectivity index (χ3v) is 2.35. The number of hydrogen-bond acceptors (Lipinski definition) is 5. The molecule has 0 bridgehead atoms. The second-order valence-electron chi connectivity index (χ2n) is 4.43. The Morgan fingerprint density at radius 1 is 1.40 bits per heavy atom. The molecule has 4 N–H and O–H groups in total. The van der Waals surface area contributed by atoms with Crippen molar-refractivity contribution in [1.82, 2.24) is 10.6 Å². The summed E-state index contributed by atoms with van der Waals surface area (Å²) in [7, 11) is 0. The summed E-state index contributed by atoms with van der Waals surface area (Å²) in [5.41, 5.74) is 5.43. The summed E-state index contributed by atoms with van der Waals surface area (Å²) >= 11 is 0. The molecular formula is C12H16N4O4. The van der Waals surface area contributed by atoms with Gasteiger partial charge in [0, 0.05) is 23.9 Å². The van der Waals surface area contributed by atoms with Gasteiger partial charge >= 0.3 is 0 Å². The highest BCUT2D eigenvalue weighted by Crippen LogP contribution is 2.19. The summed E-state index contributed by atoms with van der Waals surface area (Å²) in [5, 5.41) is 15.6. The van der Waals surface area contributed by atoms with Crippen LogP contribution in [0.2, 0.25) is 0 Å². The fourth-order valence-corrected chi connectivity index (χ4v) is 1.48. The van der Waals surface area contributed by atoms with Crippen LogP contribution < -0.4 is 16.4 Å². The molecule has 0 heterocycles. The number of non-ortho nitro benzene ring substituents is 1. The first-order valence-corrected chi connectivity index (χ1v) is 5.92. The van der Waals surface area contributed by atoms with Crippen molar-refractivity contribution in [3.63, 3.8) is 0 Å². The largest absolute Gasteiger partial charge is 0.398 e. The minimum Gasteiger partial charge on any atom is -0.398 e. The Labute approximate surface area is 115 Å². The van der Waals surface area contributed by atoms with Crippen LogP contribution in [0.25, 0.3) is 0 Å². The molecule has 8 nitrogen and oxygen atoms in total. The SMILES string of the molecule is CC(C)NC(=O)CNC(=O)c1cc([N+](=O)[O-])ccc1N. The molecule has 0 aliphatic carbocycles. The van der Waals surface area contributed by atoms with Crippen molar-refractivity contribution >= 4 is 23.2 Å². The van der Waals surface area contributed by atoms with Crippen LogP contribution in [0.1, 0.15) is 24.2 Å². The average molecular weight is 280 g/mol. The predicted molar refractivity (Wildman–Crippen MR) is 73.1 cm³/mol. The molecule has 0 spiro atoms. The normalized spacial score (nSPS) is 10.2. The Morgan fingerprint density at radius 2 is 2.05 bits per heavy atom. The van der Waals surface area contributed by atoms with Gasteiger partial charge in [0.15, 0.2) is 0 Å². The van der Waals surface area contributed by atoms with E-state index in [-0.39, 0.29) is 35.4 Å². The van der Waals surface area contributed by atoms with E-state index in [0.29, 0.717) is 0 Å². The van der Waals surface area contributed by atoms with E-state index in [1.54, 1.807) is 13.8 Å². The van der Waals surface area contributed by atoms with Crippen LogP contribution in [0.15, 0.2) is 18.2 Å². The van der Waals surface area contributed by atoms with E-state index in [1.165, 1.54) is 12.1 Å². The number of carbonyl (C=O) groups is 2. The van der Waals surface area contributed by atoms with Gasteiger partial charge in [0.2, 0.25) is 5.91 Å². The van der Waals surface area contributed by atoms with Crippen LogP contribution >= 0.6 is 0 Å². The number of benzene rings is 1. The minimum atomic E-state index is -0.634. The number of nitro groups is 1. The van der Waals surface area contributed by atoms with E-state index in [9.17, 15) is 19.7 Å². The Kier molecular flexibility index (Phi) is 5.01. The van der Waals surface area contributed by atoms with Crippen molar-refractivity contribution < 1.29 is 14.5 Å². The third-order valence-electron chi connectivity index (χ3n) is 2.35. The Morgan fingerprint density at radius 3 is 2.60 bits per heavy atom. The molecule has 0 aliphatic heterocycles. The highest BCUT2D eigenvalue weighted by Gasteiger charge is 2.16. The summed E-state index contributed by atoms with van der Waals surface area (Å²) in [6, 6.07) is 3.52. The molecule has 108 valence electrons. The van der Waals surface area contributed by atoms with Crippen molar-refractivity contribution in [2.45, 2.75) is 19.9 Å². The minimum absolute atomic E-state index is 0.0310. The first-order valence-electron chi connectivity index (χ1n) is 5.92. The molecule has 0 atom stereocenters. The number of nitrogens with zero attached hydrogens (tertiary/aromatic N) is 1. The van der Waals surface area contributed by atoms with Crippen molar-refractivity contribution in [2.24, 2.45) is 0 Å². The lowest BCUT2D eigenvalue weighted by molar-refractivity contribution is -0.384. The second kappa shape index (κ2) is 6.50. The second-order valence-corrected chi connectivity index (χ2v) is 4.43. The summed E-state index contributed by atoms with van der Waals surface area (Å²) < 4.78 is 0. The number of anilines is 1. The summed E-state index contributed by atoms with van der Waals surface area (Å²) in [5.74, 6) is -0.984. The molecule has 20 heavy (non-hydrogen) atoms. The van der Waals surface area contributed by atoms with Gasteiger partial charge in [0.25, 0.3) is 11.6 Å². The molecule has 0 unspecified atom stereocenters. The highest BCUT2D eigenvalue weighted by molar-refractivity contribution is 6.01. The number of amides is 2. The molecule has 2 amide bonds. The third kappa shape index (κ3) is 4.23. The molecular weight excluding hydrogens is 264 g/mol. The van der Waals surface area contributed by atoms with Gasteiger partial charge in [0.1, 0.15) is 0 Å². The van der Waals surface area contributed by atoms with E-state index in [1.807, 2.05) is 0 Å². The molecule has 8 heteroatoms. The molecule has 0 aliphatic rings. The van der Waals surface area contributed by atoms with Gasteiger partial charge in [-0.25, -0.2) is 0 Å². The van der Waals surface area contributed by atoms with Gasteiger partial charge < -0.3 is 16.4 Å². The van der Waals surface area contributed by atoms with Crippen molar-refractivity contribution in [3.05, 3.63) is 33.9 Å². The first kappa shape index (κ1) is 15.4. The first-order chi connectivity index (χ1) is 9.31. The fraction of sp³-hybridized carbons (Fsp3) is 0.333. The number of nitrogen functional groups attached to an aromatic ring is 1. The van der Waals surface area contributed by atoms with E-state index < -0.39 is 10.8 Å². The van der Waals surface area contributed by atoms with E-state index in [0.717, 1.165) is 6.07 Å². The summed E-state index contributed by atoms with van der Waals surface area (Å²) in [6.07, 6.45) is 0. The number of carbonyl (C=O) groups excluding carboxylic acids is 2. The van der Waals surface area contributed by atoms with Gasteiger partial charge in [-0.15, -0.1) is 0 Å². The maximum Gasteiger partial charge on any atom is 0.270 e. The number of hydrogen-bond donors (Lipinski definition) is 3. The van der Waals surface area contributed by atoms with Gasteiger partial charge in [-0.05, 0) is 19.9 Å². The van der Waals surface area contributed by atoms with E-state index >= 15 is 0 Å². The van der Waals surface area contributed by atoms with Crippen LogP contribution in [0, 0.1) is 10.1 Å². The van der Waals surface area contributed by atoms with Crippen LogP contribution in [-0.2, 0) is 4.79 Å². The summed E-state index contributed by atoms with van der Waals surface area (Å²) in [6.45, 7) is 3.36. The molecule has 0 saturated carbocycles. The molecule has 0 saturated heterocycles. The summed E-state index contributed by atoms with van der Waals surface area (Å²) in [4.78, 5) is 33.2. The van der Waals surface area contributed by atoms with Gasteiger partial charge in [-0.3, -0.25) is 19.7 Å². The van der Waals surface area contributed by atoms with Crippen molar-refractivity contribution in [2.75, 3.05) is 12.3 Å². The quantitative estimate of drug-likeness (QED) is 0.409. The van der Waals surface area contributed by atoms with Gasteiger partial charge in [-0.1, -0.05) is 0 Å². The smallest absolute Gasteiger partial charge is 0.270 e. The zero-order valence-electron chi connectivity index (χ0n) is 11.2. The standard InChI is InChI=1S/C12H16N4O4/c1-7(2)15-11(17)6-14-12(18)9-5-8(16(19)20)3-4-10(9)13/h3-5,7H,6,13H2,1-2H3,(H,14,18)(H,15,17). The van der Waals surface area contributed by atoms with Crippen LogP contribution in [-0.4, -0.2) is 29.3 Å². The monoisotopic (exact) mass is 280 g/mol. The maximum absolute atomic E-state index is 11.8. The number of rotatable bonds is 5. The molecule has 1 rings (SSSR count). The lowest BCUT2D eigenvalue weighted by Gasteiger charge is -2.10. The lowest BCUT2D eigenvalue weighted by Crippen LogP contribution is -2.39. The van der Waals surface area contributed by atoms with Crippen LogP contribution in [0.5, 0.6) is 0 Å². The Hall–Kier alpha value is -2.64. The van der Waals surface area contributed by atoms with E-state index in [4.69, 9.17) is 5.73 Å². The molecule has 1 aromatic carbocycles. The highest BCUT2D eigenvalue weighted by atomic mass is 16.6. The zero-order valence-corrected chi connectivity index (χ0v) is 11.2. The maximum atomic E-state index is 11.8.